The molecule has 0 heterocycles. The van der Waals surface area contributed by atoms with Crippen molar-refractivity contribution >= 4 is 5.91 Å². The molecule has 0 fully saturated rings. The molecule has 0 aliphatic carbocycles. The molecule has 58 heavy (non-hydrogen) atoms. The van der Waals surface area contributed by atoms with Crippen molar-refractivity contribution in [2.24, 2.45) is 0 Å². The summed E-state index contributed by atoms with van der Waals surface area (Å²) in [5, 5.41) is 23.1. The van der Waals surface area contributed by atoms with Crippen molar-refractivity contribution in [1.29, 1.82) is 0 Å². The number of nitrogens with one attached hydrogen (secondary N) is 1. The second-order valence-corrected chi connectivity index (χ2v) is 16.5. The molecule has 0 aromatic carbocycles. The number of allylic oxidation sites excluding steroid dienone is 13. The molecule has 0 bridgehead atoms. The molecule has 334 valence electrons. The zero-order chi connectivity index (χ0) is 42.1. The van der Waals surface area contributed by atoms with E-state index in [1.54, 1.807) is 6.08 Å². The maximum atomic E-state index is 12.4. The molecule has 2 atom stereocenters. The van der Waals surface area contributed by atoms with Gasteiger partial charge in [0.05, 0.1) is 18.8 Å². The van der Waals surface area contributed by atoms with E-state index < -0.39 is 12.1 Å². The van der Waals surface area contributed by atoms with Gasteiger partial charge in [0.25, 0.3) is 0 Å². The Kier molecular flexibility index (Phi) is 46.9. The van der Waals surface area contributed by atoms with E-state index in [0.29, 0.717) is 6.42 Å². The normalized spacial score (nSPS) is 13.7. The van der Waals surface area contributed by atoms with Crippen molar-refractivity contribution in [3.63, 3.8) is 0 Å². The van der Waals surface area contributed by atoms with Crippen molar-refractivity contribution in [3.05, 3.63) is 85.1 Å². The number of aliphatic hydroxyl groups excluding tert-OH is 2. The van der Waals surface area contributed by atoms with Crippen LogP contribution in [0.15, 0.2) is 85.1 Å². The van der Waals surface area contributed by atoms with E-state index in [2.05, 4.69) is 92.1 Å². The van der Waals surface area contributed by atoms with Crippen LogP contribution in [-0.2, 0) is 4.79 Å². The summed E-state index contributed by atoms with van der Waals surface area (Å²) >= 11 is 0. The average Bonchev–Trinajstić information content (AvgIpc) is 3.23. The highest BCUT2D eigenvalue weighted by molar-refractivity contribution is 5.76. The minimum atomic E-state index is -0.864. The summed E-state index contributed by atoms with van der Waals surface area (Å²) in [6.07, 6.45) is 71.4. The second-order valence-electron chi connectivity index (χ2n) is 16.5. The molecule has 0 aromatic rings. The molecule has 0 saturated carbocycles. The molecule has 0 aliphatic rings. The van der Waals surface area contributed by atoms with Crippen molar-refractivity contribution in [1.82, 2.24) is 5.32 Å². The predicted octanol–water partition coefficient (Wildman–Crippen LogP) is 16.0. The lowest BCUT2D eigenvalue weighted by Crippen LogP contribution is -2.45. The van der Waals surface area contributed by atoms with E-state index in [-0.39, 0.29) is 12.5 Å². The highest BCUT2D eigenvalue weighted by Gasteiger charge is 2.17. The summed E-state index contributed by atoms with van der Waals surface area (Å²) in [6.45, 7) is 4.18. The summed E-state index contributed by atoms with van der Waals surface area (Å²) in [6, 6.07) is -0.651. The topological polar surface area (TPSA) is 69.6 Å². The molecular formula is C54H95NO3. The fourth-order valence-corrected chi connectivity index (χ4v) is 7.12. The standard InChI is InChI=1S/C54H95NO3/c1-3-5-7-9-11-13-15-17-19-21-23-25-26-27-28-30-31-33-35-37-39-41-43-45-47-49-53(57)52(51-56)55-54(58)50-48-46-44-42-40-38-36-34-32-29-24-22-20-18-16-14-12-10-8-6-4-2/h6,8,12,14,18,20,24,29,34,36,40,42,47,49,52-53,56-57H,3-5,7,9-11,13,15-17,19,21-23,25-28,30-33,35,37-39,41,43-46,48,50-51H2,1-2H3,(H,55,58)/b8-6-,14-12-,20-18-,29-24-,36-34-,42-40-,49-47+. The highest BCUT2D eigenvalue weighted by Crippen LogP contribution is 2.16. The van der Waals surface area contributed by atoms with Gasteiger partial charge >= 0.3 is 0 Å². The number of unbranched alkanes of at least 4 members (excludes halogenated alkanes) is 25. The van der Waals surface area contributed by atoms with Crippen molar-refractivity contribution in [2.45, 2.75) is 244 Å². The van der Waals surface area contributed by atoms with Gasteiger partial charge in [0, 0.05) is 6.42 Å². The smallest absolute Gasteiger partial charge is 0.220 e. The molecule has 3 N–H and O–H groups in total. The van der Waals surface area contributed by atoms with Gasteiger partial charge in [-0.3, -0.25) is 4.79 Å². The molecule has 1 amide bonds. The van der Waals surface area contributed by atoms with E-state index in [9.17, 15) is 15.0 Å². The second kappa shape index (κ2) is 48.9. The molecule has 0 rings (SSSR count). The van der Waals surface area contributed by atoms with Gasteiger partial charge in [-0.15, -0.1) is 0 Å². The van der Waals surface area contributed by atoms with Crippen LogP contribution in [0.25, 0.3) is 0 Å². The van der Waals surface area contributed by atoms with Gasteiger partial charge in [-0.1, -0.05) is 240 Å². The Hall–Kier alpha value is -2.43. The molecule has 0 spiro atoms. The zero-order valence-electron chi connectivity index (χ0n) is 38.3. The maximum Gasteiger partial charge on any atom is 0.220 e. The van der Waals surface area contributed by atoms with Crippen LogP contribution in [0.2, 0.25) is 0 Å². The summed E-state index contributed by atoms with van der Waals surface area (Å²) in [5.74, 6) is -0.107. The first kappa shape index (κ1) is 55.6. The largest absolute Gasteiger partial charge is 0.394 e. The number of carbonyl (C=O) groups is 1. The highest BCUT2D eigenvalue weighted by atomic mass is 16.3. The van der Waals surface area contributed by atoms with Crippen LogP contribution in [0.1, 0.15) is 232 Å². The third-order valence-corrected chi connectivity index (χ3v) is 10.9. The lowest BCUT2D eigenvalue weighted by Gasteiger charge is -2.19. The van der Waals surface area contributed by atoms with Crippen LogP contribution in [0.4, 0.5) is 0 Å². The monoisotopic (exact) mass is 806 g/mol. The number of aliphatic hydroxyl groups is 2. The van der Waals surface area contributed by atoms with Crippen LogP contribution in [0, 0.1) is 0 Å². The Morgan fingerprint density at radius 1 is 0.431 bits per heavy atom. The first-order chi connectivity index (χ1) is 28.7. The molecular weight excluding hydrogens is 711 g/mol. The van der Waals surface area contributed by atoms with Crippen LogP contribution in [-0.4, -0.2) is 34.9 Å². The van der Waals surface area contributed by atoms with Gasteiger partial charge < -0.3 is 15.5 Å². The maximum absolute atomic E-state index is 12.4. The Labute approximate surface area is 361 Å². The summed E-state index contributed by atoms with van der Waals surface area (Å²) in [4.78, 5) is 12.4. The van der Waals surface area contributed by atoms with Crippen LogP contribution >= 0.6 is 0 Å². The fourth-order valence-electron chi connectivity index (χ4n) is 7.12. The minimum absolute atomic E-state index is 0.107. The van der Waals surface area contributed by atoms with E-state index >= 15 is 0 Å². The average molecular weight is 806 g/mol. The van der Waals surface area contributed by atoms with Crippen LogP contribution in [0.3, 0.4) is 0 Å². The molecule has 0 aromatic heterocycles. The van der Waals surface area contributed by atoms with E-state index in [0.717, 1.165) is 70.6 Å². The summed E-state index contributed by atoms with van der Waals surface area (Å²) in [5.41, 5.74) is 0. The Bertz CT molecular complexity index is 1050. The molecule has 2 unspecified atom stereocenters. The third kappa shape index (κ3) is 44.7. The molecule has 0 aliphatic heterocycles. The molecule has 4 heteroatoms. The van der Waals surface area contributed by atoms with Gasteiger partial charge in [0.15, 0.2) is 0 Å². The van der Waals surface area contributed by atoms with E-state index in [1.165, 1.54) is 141 Å². The van der Waals surface area contributed by atoms with Gasteiger partial charge in [0.2, 0.25) is 5.91 Å². The molecule has 0 saturated heterocycles. The lowest BCUT2D eigenvalue weighted by atomic mass is 10.0. The number of hydrogen-bond acceptors (Lipinski definition) is 3. The van der Waals surface area contributed by atoms with Gasteiger partial charge in [0.1, 0.15) is 0 Å². The van der Waals surface area contributed by atoms with Gasteiger partial charge in [-0.2, -0.15) is 0 Å². The SMILES string of the molecule is CC/C=C\C/C=C\C/C=C\C/C=C\C/C=C\C/C=C\CCCCC(=O)NC(CO)C(O)/C=C/CCCCCCCCCCCCCCCCCCCCCCCCC. The van der Waals surface area contributed by atoms with Gasteiger partial charge in [-0.25, -0.2) is 0 Å². The number of rotatable bonds is 44. The number of hydrogen-bond donors (Lipinski definition) is 3. The fraction of sp³-hybridized carbons (Fsp3) is 0.722. The van der Waals surface area contributed by atoms with Crippen LogP contribution in [0.5, 0.6) is 0 Å². The minimum Gasteiger partial charge on any atom is -0.394 e. The van der Waals surface area contributed by atoms with E-state index in [1.807, 2.05) is 6.08 Å². The third-order valence-electron chi connectivity index (χ3n) is 10.9. The molecule has 0 radical (unpaired) electrons. The Morgan fingerprint density at radius 2 is 0.759 bits per heavy atom. The van der Waals surface area contributed by atoms with Crippen molar-refractivity contribution < 1.29 is 15.0 Å². The van der Waals surface area contributed by atoms with E-state index in [4.69, 9.17) is 0 Å². The number of carbonyl (C=O) groups excluding carboxylic acids is 1. The Morgan fingerprint density at radius 3 is 1.14 bits per heavy atom. The first-order valence-electron chi connectivity index (χ1n) is 24.8. The lowest BCUT2D eigenvalue weighted by molar-refractivity contribution is -0.123. The summed E-state index contributed by atoms with van der Waals surface area (Å²) < 4.78 is 0. The predicted molar refractivity (Wildman–Crippen MR) is 257 cm³/mol. The molecule has 4 nitrogen and oxygen atoms in total. The number of amides is 1. The van der Waals surface area contributed by atoms with Gasteiger partial charge in [-0.05, 0) is 70.6 Å². The van der Waals surface area contributed by atoms with Crippen LogP contribution < -0.4 is 5.32 Å². The van der Waals surface area contributed by atoms with Crippen molar-refractivity contribution in [3.8, 4) is 0 Å². The Balaban J connectivity index is 3.63. The first-order valence-corrected chi connectivity index (χ1v) is 24.8. The summed E-state index contributed by atoms with van der Waals surface area (Å²) in [7, 11) is 0. The quantitative estimate of drug-likeness (QED) is 0.0424. The van der Waals surface area contributed by atoms with Crippen molar-refractivity contribution in [2.75, 3.05) is 6.61 Å². The zero-order valence-corrected chi connectivity index (χ0v) is 38.3.